The molecule has 0 saturated carbocycles. The van der Waals surface area contributed by atoms with E-state index >= 15 is 0 Å². The topological polar surface area (TPSA) is 110 Å². The molecule has 3 N–H and O–H groups in total. The molecule has 8 heteroatoms. The highest BCUT2D eigenvalue weighted by Gasteiger charge is 2.22. The zero-order chi connectivity index (χ0) is 17.9. The number of carbonyl (C=O) groups is 2. The van der Waals surface area contributed by atoms with E-state index in [0.29, 0.717) is 12.2 Å². The highest BCUT2D eigenvalue weighted by Crippen LogP contribution is 2.27. The van der Waals surface area contributed by atoms with Gasteiger partial charge in [-0.25, -0.2) is 4.79 Å². The van der Waals surface area contributed by atoms with Crippen LogP contribution in [-0.4, -0.2) is 30.1 Å². The smallest absolute Gasteiger partial charge is 0.357 e. The lowest BCUT2D eigenvalue weighted by Gasteiger charge is -2.11. The summed E-state index contributed by atoms with van der Waals surface area (Å²) in [7, 11) is 1.22. The number of nitriles is 1. The minimum absolute atomic E-state index is 0.0122. The highest BCUT2D eigenvalue weighted by atomic mass is 35.5. The number of esters is 1. The molecule has 1 aromatic heterocycles. The van der Waals surface area contributed by atoms with Crippen molar-refractivity contribution in [2.75, 3.05) is 19.4 Å². The molecule has 1 aromatic carbocycles. The third-order valence-electron chi connectivity index (χ3n) is 3.35. The van der Waals surface area contributed by atoms with E-state index in [1.807, 2.05) is 6.07 Å². The molecule has 124 valence electrons. The molecule has 0 unspecified atom stereocenters. The summed E-state index contributed by atoms with van der Waals surface area (Å²) in [6, 6.07) is 6.57. The van der Waals surface area contributed by atoms with Crippen LogP contribution in [0.3, 0.4) is 0 Å². The Morgan fingerprint density at radius 2 is 2.17 bits per heavy atom. The van der Waals surface area contributed by atoms with Gasteiger partial charge in [0.15, 0.2) is 5.69 Å². The summed E-state index contributed by atoms with van der Waals surface area (Å²) < 4.78 is 6.12. The first-order valence-electron chi connectivity index (χ1n) is 7.01. The van der Waals surface area contributed by atoms with Gasteiger partial charge >= 0.3 is 5.97 Å². The molecule has 2 rings (SSSR count). The Morgan fingerprint density at radius 3 is 2.75 bits per heavy atom. The molecule has 1 heterocycles. The Labute approximate surface area is 143 Å². The molecule has 0 fully saturated rings. The van der Waals surface area contributed by atoms with Crippen molar-refractivity contribution in [2.24, 2.45) is 0 Å². The van der Waals surface area contributed by atoms with Crippen molar-refractivity contribution in [1.82, 2.24) is 9.88 Å². The summed E-state index contributed by atoms with van der Waals surface area (Å²) in [4.78, 5) is 24.1. The fourth-order valence-corrected chi connectivity index (χ4v) is 2.41. The van der Waals surface area contributed by atoms with Crippen molar-refractivity contribution < 1.29 is 14.3 Å². The van der Waals surface area contributed by atoms with Crippen LogP contribution in [0, 0.1) is 11.3 Å². The van der Waals surface area contributed by atoms with Gasteiger partial charge in [-0.2, -0.15) is 5.26 Å². The number of carbonyl (C=O) groups excluding carboxylic acids is 2. The summed E-state index contributed by atoms with van der Waals surface area (Å²) in [6.45, 7) is 2.23. The van der Waals surface area contributed by atoms with Crippen molar-refractivity contribution in [2.45, 2.75) is 6.92 Å². The second-order valence-electron chi connectivity index (χ2n) is 4.80. The predicted molar refractivity (Wildman–Crippen MR) is 89.3 cm³/mol. The number of nitrogen functional groups attached to an aromatic ring is 1. The summed E-state index contributed by atoms with van der Waals surface area (Å²) in [5, 5.41) is 12.1. The molecule has 0 aliphatic carbocycles. The van der Waals surface area contributed by atoms with Crippen molar-refractivity contribution in [3.63, 3.8) is 0 Å². The SMILES string of the molecule is CCNC(=O)c1cc(-n2cc(C#N)c(N)c2C(=O)OC)ccc1Cl. The monoisotopic (exact) mass is 346 g/mol. The number of rotatable bonds is 4. The Balaban J connectivity index is 2.65. The molecule has 0 spiro atoms. The van der Waals surface area contributed by atoms with Crippen molar-refractivity contribution >= 4 is 29.2 Å². The maximum atomic E-state index is 12.1. The fraction of sp³-hybridized carbons (Fsp3) is 0.188. The number of aromatic nitrogens is 1. The van der Waals surface area contributed by atoms with Gasteiger partial charge < -0.3 is 20.4 Å². The lowest BCUT2D eigenvalue weighted by Crippen LogP contribution is -2.23. The van der Waals surface area contributed by atoms with Crippen LogP contribution in [0.15, 0.2) is 24.4 Å². The molecule has 0 bridgehead atoms. The molecular formula is C16H15ClN4O3. The van der Waals surface area contributed by atoms with Crippen LogP contribution in [-0.2, 0) is 4.74 Å². The lowest BCUT2D eigenvalue weighted by atomic mass is 10.1. The van der Waals surface area contributed by atoms with Gasteiger partial charge in [-0.1, -0.05) is 11.6 Å². The molecule has 0 saturated heterocycles. The van der Waals surface area contributed by atoms with Gasteiger partial charge in [-0.15, -0.1) is 0 Å². The second-order valence-corrected chi connectivity index (χ2v) is 5.21. The number of nitrogens with zero attached hydrogens (tertiary/aromatic N) is 2. The molecular weight excluding hydrogens is 332 g/mol. The molecule has 7 nitrogen and oxygen atoms in total. The van der Waals surface area contributed by atoms with E-state index in [2.05, 4.69) is 5.32 Å². The first kappa shape index (κ1) is 17.4. The van der Waals surface area contributed by atoms with Crippen LogP contribution < -0.4 is 11.1 Å². The number of methoxy groups -OCH3 is 1. The third-order valence-corrected chi connectivity index (χ3v) is 3.68. The fourth-order valence-electron chi connectivity index (χ4n) is 2.21. The summed E-state index contributed by atoms with van der Waals surface area (Å²) in [5.41, 5.74) is 6.71. The van der Waals surface area contributed by atoms with Crippen molar-refractivity contribution in [3.8, 4) is 11.8 Å². The van der Waals surface area contributed by atoms with Gasteiger partial charge in [0.1, 0.15) is 6.07 Å². The number of nitrogens with one attached hydrogen (secondary N) is 1. The van der Waals surface area contributed by atoms with E-state index in [4.69, 9.17) is 27.3 Å². The summed E-state index contributed by atoms with van der Waals surface area (Å²) >= 11 is 6.07. The largest absolute Gasteiger partial charge is 0.464 e. The van der Waals surface area contributed by atoms with Gasteiger partial charge in [-0.3, -0.25) is 4.79 Å². The number of anilines is 1. The number of hydrogen-bond donors (Lipinski definition) is 2. The molecule has 0 aliphatic heterocycles. The van der Waals surface area contributed by atoms with E-state index in [-0.39, 0.29) is 33.4 Å². The quantitative estimate of drug-likeness (QED) is 0.824. The predicted octanol–water partition coefficient (Wildman–Crippen LogP) is 2.12. The molecule has 1 amide bonds. The Morgan fingerprint density at radius 1 is 1.46 bits per heavy atom. The normalized spacial score (nSPS) is 10.1. The van der Waals surface area contributed by atoms with Gasteiger partial charge in [-0.05, 0) is 25.1 Å². The van der Waals surface area contributed by atoms with Crippen molar-refractivity contribution in [3.05, 3.63) is 46.2 Å². The standard InChI is InChI=1S/C16H15ClN4O3/c1-3-20-15(22)11-6-10(4-5-12(11)17)21-8-9(7-18)13(19)14(21)16(23)24-2/h4-6,8H,3,19H2,1-2H3,(H,20,22). The third kappa shape index (κ3) is 3.05. The molecule has 24 heavy (non-hydrogen) atoms. The van der Waals surface area contributed by atoms with Crippen LogP contribution in [0.2, 0.25) is 5.02 Å². The lowest BCUT2D eigenvalue weighted by molar-refractivity contribution is 0.0593. The number of nitrogens with two attached hydrogens (primary N) is 1. The first-order chi connectivity index (χ1) is 11.4. The van der Waals surface area contributed by atoms with Crippen LogP contribution >= 0.6 is 11.6 Å². The van der Waals surface area contributed by atoms with Crippen LogP contribution in [0.5, 0.6) is 0 Å². The number of halogens is 1. The van der Waals surface area contributed by atoms with Gasteiger partial charge in [0, 0.05) is 18.4 Å². The Bertz CT molecular complexity index is 852. The van der Waals surface area contributed by atoms with Crippen LogP contribution in [0.25, 0.3) is 5.69 Å². The van der Waals surface area contributed by atoms with E-state index in [0.717, 1.165) is 0 Å². The van der Waals surface area contributed by atoms with E-state index in [1.54, 1.807) is 13.0 Å². The maximum absolute atomic E-state index is 12.1. The minimum Gasteiger partial charge on any atom is -0.464 e. The zero-order valence-corrected chi connectivity index (χ0v) is 13.8. The van der Waals surface area contributed by atoms with Crippen molar-refractivity contribution in [1.29, 1.82) is 5.26 Å². The van der Waals surface area contributed by atoms with Crippen LogP contribution in [0.4, 0.5) is 5.69 Å². The average Bonchev–Trinajstić information content (AvgIpc) is 2.91. The average molecular weight is 347 g/mol. The molecule has 2 aromatic rings. The van der Waals surface area contributed by atoms with Gasteiger partial charge in [0.25, 0.3) is 5.91 Å². The maximum Gasteiger partial charge on any atom is 0.357 e. The Kier molecular flexibility index (Phi) is 5.11. The van der Waals surface area contributed by atoms with E-state index in [9.17, 15) is 9.59 Å². The number of amides is 1. The number of ether oxygens (including phenoxy) is 1. The summed E-state index contributed by atoms with van der Waals surface area (Å²) in [6.07, 6.45) is 1.41. The van der Waals surface area contributed by atoms with E-state index < -0.39 is 5.97 Å². The second kappa shape index (κ2) is 7.06. The van der Waals surface area contributed by atoms with Gasteiger partial charge in [0.05, 0.1) is 28.9 Å². The molecule has 0 radical (unpaired) electrons. The minimum atomic E-state index is -0.691. The van der Waals surface area contributed by atoms with Crippen LogP contribution in [0.1, 0.15) is 33.3 Å². The zero-order valence-electron chi connectivity index (χ0n) is 13.1. The molecule has 0 atom stereocenters. The molecule has 0 aliphatic rings. The first-order valence-corrected chi connectivity index (χ1v) is 7.39. The summed E-state index contributed by atoms with van der Waals surface area (Å²) in [5.74, 6) is -1.03. The van der Waals surface area contributed by atoms with E-state index in [1.165, 1.54) is 30.0 Å². The number of benzene rings is 1. The highest BCUT2D eigenvalue weighted by molar-refractivity contribution is 6.33. The van der Waals surface area contributed by atoms with Gasteiger partial charge in [0.2, 0.25) is 0 Å². The number of hydrogen-bond acceptors (Lipinski definition) is 5. The Hall–Kier alpha value is -2.98.